The van der Waals surface area contributed by atoms with E-state index in [0.717, 1.165) is 17.1 Å². The van der Waals surface area contributed by atoms with E-state index in [1.165, 1.54) is 0 Å². The van der Waals surface area contributed by atoms with E-state index in [1.54, 1.807) is 25.3 Å². The van der Waals surface area contributed by atoms with Gasteiger partial charge in [0.1, 0.15) is 5.75 Å². The van der Waals surface area contributed by atoms with Gasteiger partial charge in [-0.25, -0.2) is 0 Å². The summed E-state index contributed by atoms with van der Waals surface area (Å²) < 4.78 is 5.09. The Kier molecular flexibility index (Phi) is 3.35. The summed E-state index contributed by atoms with van der Waals surface area (Å²) in [6.07, 6.45) is 0. The van der Waals surface area contributed by atoms with Gasteiger partial charge in [0, 0.05) is 11.8 Å². The van der Waals surface area contributed by atoms with Gasteiger partial charge in [0.05, 0.1) is 30.1 Å². The first-order valence-corrected chi connectivity index (χ1v) is 5.43. The summed E-state index contributed by atoms with van der Waals surface area (Å²) in [6, 6.07) is 14.7. The lowest BCUT2D eigenvalue weighted by Gasteiger charge is -2.10. The number of ether oxygens (including phenoxy) is 1. The molecule has 0 saturated carbocycles. The van der Waals surface area contributed by atoms with Crippen molar-refractivity contribution in [2.24, 2.45) is 0 Å². The normalized spacial score (nSPS) is 9.56. The lowest BCUT2D eigenvalue weighted by atomic mass is 10.2. The maximum Gasteiger partial charge on any atom is 0.121 e. The highest BCUT2D eigenvalue weighted by atomic mass is 16.5. The molecule has 0 saturated heterocycles. The van der Waals surface area contributed by atoms with Crippen molar-refractivity contribution in [2.45, 2.75) is 0 Å². The lowest BCUT2D eigenvalue weighted by Crippen LogP contribution is -1.97. The summed E-state index contributed by atoms with van der Waals surface area (Å²) in [5.74, 6) is 0.720. The van der Waals surface area contributed by atoms with Gasteiger partial charge in [0.25, 0.3) is 0 Å². The van der Waals surface area contributed by atoms with Crippen LogP contribution in [0.2, 0.25) is 0 Å². The maximum atomic E-state index is 8.72. The Bertz CT molecular complexity index is 585. The first kappa shape index (κ1) is 11.8. The Labute approximate surface area is 106 Å². The Morgan fingerprint density at radius 3 is 2.44 bits per heavy atom. The third kappa shape index (κ3) is 2.53. The monoisotopic (exact) mass is 239 g/mol. The van der Waals surface area contributed by atoms with Crippen LogP contribution in [0.4, 0.5) is 17.1 Å². The molecule has 0 bridgehead atoms. The van der Waals surface area contributed by atoms with E-state index in [4.69, 9.17) is 15.7 Å². The van der Waals surface area contributed by atoms with E-state index in [1.807, 2.05) is 24.3 Å². The minimum atomic E-state index is 0.610. The predicted octanol–water partition coefficient (Wildman–Crippen LogP) is 2.89. The molecular weight excluding hydrogens is 226 g/mol. The smallest absolute Gasteiger partial charge is 0.121 e. The van der Waals surface area contributed by atoms with Crippen molar-refractivity contribution in [3.63, 3.8) is 0 Å². The first-order chi connectivity index (χ1) is 8.72. The van der Waals surface area contributed by atoms with Gasteiger partial charge in [-0.2, -0.15) is 5.26 Å². The number of anilines is 3. The molecule has 4 nitrogen and oxygen atoms in total. The summed E-state index contributed by atoms with van der Waals surface area (Å²) in [5, 5.41) is 11.9. The van der Waals surface area contributed by atoms with Crippen molar-refractivity contribution >= 4 is 17.1 Å². The number of hydrogen-bond acceptors (Lipinski definition) is 4. The van der Waals surface area contributed by atoms with Crippen LogP contribution in [0.3, 0.4) is 0 Å². The molecule has 2 aromatic carbocycles. The van der Waals surface area contributed by atoms with Crippen molar-refractivity contribution in [3.05, 3.63) is 48.0 Å². The van der Waals surface area contributed by atoms with E-state index in [2.05, 4.69) is 11.4 Å². The van der Waals surface area contributed by atoms with Crippen LogP contribution in [0.15, 0.2) is 42.5 Å². The highest BCUT2D eigenvalue weighted by Gasteiger charge is 2.01. The molecule has 0 heterocycles. The van der Waals surface area contributed by atoms with Crippen LogP contribution < -0.4 is 15.8 Å². The molecule has 0 amide bonds. The molecule has 0 aliphatic carbocycles. The molecule has 0 aliphatic heterocycles. The molecule has 0 radical (unpaired) electrons. The largest absolute Gasteiger partial charge is 0.497 e. The molecule has 0 fully saturated rings. The standard InChI is InChI=1S/C14H13N3O/c1-18-12-6-7-14(13(16)8-12)17-11-4-2-10(9-15)3-5-11/h2-8,17H,16H2,1H3. The highest BCUT2D eigenvalue weighted by molar-refractivity contribution is 5.74. The van der Waals surface area contributed by atoms with Crippen LogP contribution in [-0.4, -0.2) is 7.11 Å². The number of benzene rings is 2. The number of nitrogens with two attached hydrogens (primary N) is 1. The molecule has 0 unspecified atom stereocenters. The van der Waals surface area contributed by atoms with Gasteiger partial charge in [-0.05, 0) is 36.4 Å². The Balaban J connectivity index is 2.20. The van der Waals surface area contributed by atoms with Gasteiger partial charge in [0.2, 0.25) is 0 Å². The van der Waals surface area contributed by atoms with Crippen LogP contribution in [-0.2, 0) is 0 Å². The molecule has 0 spiro atoms. The third-order valence-corrected chi connectivity index (χ3v) is 2.55. The molecule has 4 heteroatoms. The van der Waals surface area contributed by atoms with Crippen LogP contribution in [0.25, 0.3) is 0 Å². The molecule has 90 valence electrons. The van der Waals surface area contributed by atoms with Crippen molar-refractivity contribution in [1.82, 2.24) is 0 Å². The number of nitriles is 1. The first-order valence-electron chi connectivity index (χ1n) is 5.43. The summed E-state index contributed by atoms with van der Waals surface area (Å²) in [4.78, 5) is 0. The van der Waals surface area contributed by atoms with Gasteiger partial charge < -0.3 is 15.8 Å². The van der Waals surface area contributed by atoms with E-state index in [9.17, 15) is 0 Å². The fourth-order valence-corrected chi connectivity index (χ4v) is 1.57. The minimum Gasteiger partial charge on any atom is -0.497 e. The summed E-state index contributed by atoms with van der Waals surface area (Å²) in [5.41, 5.74) is 8.83. The molecule has 18 heavy (non-hydrogen) atoms. The maximum absolute atomic E-state index is 8.72. The average Bonchev–Trinajstić information content (AvgIpc) is 2.42. The molecule has 0 aromatic heterocycles. The number of nitrogens with zero attached hydrogens (tertiary/aromatic N) is 1. The molecule has 3 N–H and O–H groups in total. The number of hydrogen-bond donors (Lipinski definition) is 2. The summed E-state index contributed by atoms with van der Waals surface area (Å²) in [7, 11) is 1.60. The zero-order valence-electron chi connectivity index (χ0n) is 9.97. The van der Waals surface area contributed by atoms with Gasteiger partial charge in [-0.1, -0.05) is 0 Å². The Morgan fingerprint density at radius 1 is 1.17 bits per heavy atom. The molecule has 2 rings (SSSR count). The van der Waals surface area contributed by atoms with Crippen molar-refractivity contribution < 1.29 is 4.74 Å². The zero-order valence-corrected chi connectivity index (χ0v) is 9.97. The Hall–Kier alpha value is -2.67. The molecule has 0 atom stereocenters. The van der Waals surface area contributed by atoms with Crippen molar-refractivity contribution in [2.75, 3.05) is 18.2 Å². The second-order valence-electron chi connectivity index (χ2n) is 3.77. The minimum absolute atomic E-state index is 0.610. The summed E-state index contributed by atoms with van der Waals surface area (Å²) >= 11 is 0. The van der Waals surface area contributed by atoms with Crippen LogP contribution in [0.1, 0.15) is 5.56 Å². The van der Waals surface area contributed by atoms with E-state index in [0.29, 0.717) is 11.3 Å². The van der Waals surface area contributed by atoms with Crippen LogP contribution in [0.5, 0.6) is 5.75 Å². The van der Waals surface area contributed by atoms with Crippen molar-refractivity contribution in [1.29, 1.82) is 5.26 Å². The fraction of sp³-hybridized carbons (Fsp3) is 0.0714. The number of methoxy groups -OCH3 is 1. The van der Waals surface area contributed by atoms with E-state index >= 15 is 0 Å². The SMILES string of the molecule is COc1ccc(Nc2ccc(C#N)cc2)c(N)c1. The molecule has 2 aromatic rings. The van der Waals surface area contributed by atoms with Crippen LogP contribution >= 0.6 is 0 Å². The van der Waals surface area contributed by atoms with Crippen LogP contribution in [0, 0.1) is 11.3 Å². The predicted molar refractivity (Wildman–Crippen MR) is 71.8 cm³/mol. The molecular formula is C14H13N3O. The Morgan fingerprint density at radius 2 is 1.89 bits per heavy atom. The van der Waals surface area contributed by atoms with E-state index in [-0.39, 0.29) is 0 Å². The van der Waals surface area contributed by atoms with Gasteiger partial charge in [-0.3, -0.25) is 0 Å². The molecule has 0 aliphatic rings. The second-order valence-corrected chi connectivity index (χ2v) is 3.77. The summed E-state index contributed by atoms with van der Waals surface area (Å²) in [6.45, 7) is 0. The highest BCUT2D eigenvalue weighted by Crippen LogP contribution is 2.27. The average molecular weight is 239 g/mol. The third-order valence-electron chi connectivity index (χ3n) is 2.55. The number of nitrogens with one attached hydrogen (secondary N) is 1. The lowest BCUT2D eigenvalue weighted by molar-refractivity contribution is 0.415. The van der Waals surface area contributed by atoms with E-state index < -0.39 is 0 Å². The van der Waals surface area contributed by atoms with Gasteiger partial charge >= 0.3 is 0 Å². The van der Waals surface area contributed by atoms with Crippen molar-refractivity contribution in [3.8, 4) is 11.8 Å². The number of rotatable bonds is 3. The quantitative estimate of drug-likeness (QED) is 0.808. The fourth-order valence-electron chi connectivity index (χ4n) is 1.57. The van der Waals surface area contributed by atoms with Gasteiger partial charge in [0.15, 0.2) is 0 Å². The topological polar surface area (TPSA) is 71.1 Å². The zero-order chi connectivity index (χ0) is 13.0. The second kappa shape index (κ2) is 5.11. The van der Waals surface area contributed by atoms with Gasteiger partial charge in [-0.15, -0.1) is 0 Å². The number of nitrogen functional groups attached to an aromatic ring is 1.